The lowest BCUT2D eigenvalue weighted by molar-refractivity contribution is -0.131. The Hall–Kier alpha value is -2.47. The molecule has 1 atom stereocenters. The van der Waals surface area contributed by atoms with Gasteiger partial charge in [-0.05, 0) is 68.7 Å². The summed E-state index contributed by atoms with van der Waals surface area (Å²) in [5.41, 5.74) is 4.66. The van der Waals surface area contributed by atoms with E-state index in [2.05, 4.69) is 33.2 Å². The zero-order chi connectivity index (χ0) is 20.5. The molecular weight excluding hydrogens is 433 g/mol. The van der Waals surface area contributed by atoms with Crippen LogP contribution < -0.4 is 0 Å². The van der Waals surface area contributed by atoms with E-state index in [9.17, 15) is 9.18 Å². The van der Waals surface area contributed by atoms with Crippen LogP contribution in [0.4, 0.5) is 4.39 Å². The van der Waals surface area contributed by atoms with Crippen LogP contribution in [0.25, 0.3) is 5.69 Å². The summed E-state index contributed by atoms with van der Waals surface area (Å²) in [6.07, 6.45) is 2.32. The first-order valence-electron chi connectivity index (χ1n) is 9.80. The van der Waals surface area contributed by atoms with E-state index >= 15 is 0 Å². The van der Waals surface area contributed by atoms with E-state index in [4.69, 9.17) is 0 Å². The van der Waals surface area contributed by atoms with Gasteiger partial charge >= 0.3 is 0 Å². The highest BCUT2D eigenvalue weighted by molar-refractivity contribution is 9.10. The van der Waals surface area contributed by atoms with Crippen molar-refractivity contribution in [3.63, 3.8) is 0 Å². The Balaban J connectivity index is 1.56. The molecule has 0 bridgehead atoms. The summed E-state index contributed by atoms with van der Waals surface area (Å²) in [6, 6.07) is 14.6. The van der Waals surface area contributed by atoms with Crippen LogP contribution in [0.5, 0.6) is 0 Å². The maximum absolute atomic E-state index is 13.2. The van der Waals surface area contributed by atoms with Gasteiger partial charge < -0.3 is 4.90 Å². The highest BCUT2D eigenvalue weighted by atomic mass is 79.9. The molecule has 1 aliphatic heterocycles. The normalized spacial score (nSPS) is 16.4. The molecule has 1 saturated heterocycles. The summed E-state index contributed by atoms with van der Waals surface area (Å²) in [5, 5.41) is 4.59. The van der Waals surface area contributed by atoms with E-state index in [-0.39, 0.29) is 17.8 Å². The van der Waals surface area contributed by atoms with Gasteiger partial charge in [-0.1, -0.05) is 28.1 Å². The second-order valence-corrected chi connectivity index (χ2v) is 8.43. The molecule has 6 heteroatoms. The fraction of sp³-hybridized carbons (Fsp3) is 0.304. The van der Waals surface area contributed by atoms with Gasteiger partial charge in [0.2, 0.25) is 5.91 Å². The maximum atomic E-state index is 13.2. The topological polar surface area (TPSA) is 38.1 Å². The van der Waals surface area contributed by atoms with E-state index in [1.807, 2.05) is 30.9 Å². The van der Waals surface area contributed by atoms with E-state index in [0.29, 0.717) is 6.42 Å². The van der Waals surface area contributed by atoms with Crippen LogP contribution in [0, 0.1) is 19.7 Å². The second-order valence-electron chi connectivity index (χ2n) is 7.51. The quantitative estimate of drug-likeness (QED) is 0.535. The molecule has 3 aromatic rings. The number of halogens is 2. The van der Waals surface area contributed by atoms with Crippen molar-refractivity contribution in [2.75, 3.05) is 6.54 Å². The van der Waals surface area contributed by atoms with Crippen molar-refractivity contribution in [3.05, 3.63) is 81.3 Å². The molecule has 0 saturated carbocycles. The highest BCUT2D eigenvalue weighted by Gasteiger charge is 2.30. The summed E-state index contributed by atoms with van der Waals surface area (Å²) in [4.78, 5) is 15.2. The second kappa shape index (κ2) is 8.11. The zero-order valence-electron chi connectivity index (χ0n) is 16.5. The minimum absolute atomic E-state index is 0.125. The van der Waals surface area contributed by atoms with Crippen molar-refractivity contribution in [2.45, 2.75) is 39.2 Å². The summed E-state index contributed by atoms with van der Waals surface area (Å²) >= 11 is 3.47. The predicted molar refractivity (Wildman–Crippen MR) is 115 cm³/mol. The number of aromatic nitrogens is 2. The van der Waals surface area contributed by atoms with E-state index in [1.165, 1.54) is 17.7 Å². The Morgan fingerprint density at radius 1 is 1.14 bits per heavy atom. The molecule has 0 N–H and O–H groups in total. The van der Waals surface area contributed by atoms with Crippen molar-refractivity contribution >= 4 is 21.8 Å². The molecule has 150 valence electrons. The molecule has 0 spiro atoms. The number of rotatable bonds is 4. The number of carbonyl (C=O) groups is 1. The lowest BCUT2D eigenvalue weighted by atomic mass is 10.0. The summed E-state index contributed by atoms with van der Waals surface area (Å²) in [6.45, 7) is 4.66. The van der Waals surface area contributed by atoms with Crippen LogP contribution in [0.15, 0.2) is 53.0 Å². The Labute approximate surface area is 178 Å². The van der Waals surface area contributed by atoms with Gasteiger partial charge in [0.1, 0.15) is 5.82 Å². The first kappa shape index (κ1) is 19.8. The minimum Gasteiger partial charge on any atom is -0.335 e. The molecule has 2 heterocycles. The molecule has 1 unspecified atom stereocenters. The lowest BCUT2D eigenvalue weighted by Gasteiger charge is -2.25. The SMILES string of the molecule is Cc1nn(-c2ccc(F)cc2)c(C)c1CC(=O)N1CCCC1c1ccc(Br)cc1. The number of carbonyl (C=O) groups excluding carboxylic acids is 1. The van der Waals surface area contributed by atoms with Crippen LogP contribution in [-0.2, 0) is 11.2 Å². The van der Waals surface area contributed by atoms with Gasteiger partial charge in [-0.2, -0.15) is 5.10 Å². The molecule has 1 fully saturated rings. The van der Waals surface area contributed by atoms with Crippen LogP contribution in [0.3, 0.4) is 0 Å². The minimum atomic E-state index is -0.279. The molecule has 1 amide bonds. The zero-order valence-corrected chi connectivity index (χ0v) is 18.1. The van der Waals surface area contributed by atoms with Gasteiger partial charge in [0.05, 0.1) is 23.8 Å². The van der Waals surface area contributed by atoms with Crippen LogP contribution in [0.2, 0.25) is 0 Å². The van der Waals surface area contributed by atoms with E-state index < -0.39 is 0 Å². The molecule has 4 rings (SSSR count). The summed E-state index contributed by atoms with van der Waals surface area (Å²) < 4.78 is 16.1. The van der Waals surface area contributed by atoms with Crippen molar-refractivity contribution in [3.8, 4) is 5.69 Å². The first-order chi connectivity index (χ1) is 13.9. The molecule has 1 aromatic heterocycles. The van der Waals surface area contributed by atoms with Gasteiger partial charge in [0.15, 0.2) is 0 Å². The molecule has 1 aliphatic rings. The van der Waals surface area contributed by atoms with Gasteiger partial charge in [-0.15, -0.1) is 0 Å². The van der Waals surface area contributed by atoms with Gasteiger partial charge in [0.25, 0.3) is 0 Å². The molecule has 0 aliphatic carbocycles. The number of nitrogens with zero attached hydrogens (tertiary/aromatic N) is 3. The Bertz CT molecular complexity index is 1030. The van der Waals surface area contributed by atoms with Crippen molar-refractivity contribution in [2.24, 2.45) is 0 Å². The Morgan fingerprint density at radius 3 is 2.52 bits per heavy atom. The standard InChI is InChI=1S/C23H23BrFN3O/c1-15-21(16(2)28(26-15)20-11-9-19(25)10-12-20)14-23(29)27-13-3-4-22(27)17-5-7-18(24)8-6-17/h5-12,22H,3-4,13-14H2,1-2H3. The van der Waals surface area contributed by atoms with Gasteiger partial charge in [-0.3, -0.25) is 4.79 Å². The molecule has 4 nitrogen and oxygen atoms in total. The lowest BCUT2D eigenvalue weighted by Crippen LogP contribution is -2.32. The fourth-order valence-corrected chi connectivity index (χ4v) is 4.38. The van der Waals surface area contributed by atoms with Gasteiger partial charge in [-0.25, -0.2) is 9.07 Å². The smallest absolute Gasteiger partial charge is 0.227 e. The van der Waals surface area contributed by atoms with Crippen LogP contribution >= 0.6 is 15.9 Å². The predicted octanol–water partition coefficient (Wildman–Crippen LogP) is 5.30. The number of hydrogen-bond donors (Lipinski definition) is 0. The number of aryl methyl sites for hydroxylation is 1. The maximum Gasteiger partial charge on any atom is 0.227 e. The number of likely N-dealkylation sites (tertiary alicyclic amines) is 1. The number of benzene rings is 2. The summed E-state index contributed by atoms with van der Waals surface area (Å²) in [5.74, 6) is -0.154. The molecule has 0 radical (unpaired) electrons. The number of hydrogen-bond acceptors (Lipinski definition) is 2. The van der Waals surface area contributed by atoms with Crippen molar-refractivity contribution in [1.82, 2.24) is 14.7 Å². The third-order valence-corrected chi connectivity index (χ3v) is 6.20. The average molecular weight is 456 g/mol. The first-order valence-corrected chi connectivity index (χ1v) is 10.6. The van der Waals surface area contributed by atoms with Crippen molar-refractivity contribution < 1.29 is 9.18 Å². The van der Waals surface area contributed by atoms with E-state index in [1.54, 1.807) is 16.8 Å². The largest absolute Gasteiger partial charge is 0.335 e. The van der Waals surface area contributed by atoms with Gasteiger partial charge in [0, 0.05) is 22.3 Å². The average Bonchev–Trinajstić information content (AvgIpc) is 3.30. The Morgan fingerprint density at radius 2 is 1.83 bits per heavy atom. The molecule has 2 aromatic carbocycles. The number of amides is 1. The fourth-order valence-electron chi connectivity index (χ4n) is 4.11. The third-order valence-electron chi connectivity index (χ3n) is 5.67. The highest BCUT2D eigenvalue weighted by Crippen LogP contribution is 2.33. The summed E-state index contributed by atoms with van der Waals surface area (Å²) in [7, 11) is 0. The molecule has 29 heavy (non-hydrogen) atoms. The monoisotopic (exact) mass is 455 g/mol. The van der Waals surface area contributed by atoms with Crippen LogP contribution in [0.1, 0.15) is 41.4 Å². The van der Waals surface area contributed by atoms with E-state index in [0.717, 1.165) is 46.5 Å². The van der Waals surface area contributed by atoms with Crippen LogP contribution in [-0.4, -0.2) is 27.1 Å². The Kier molecular flexibility index (Phi) is 5.54. The molecular formula is C23H23BrFN3O. The van der Waals surface area contributed by atoms with Crippen molar-refractivity contribution in [1.29, 1.82) is 0 Å². The third kappa shape index (κ3) is 3.99.